The van der Waals surface area contributed by atoms with Gasteiger partial charge in [0, 0.05) is 68.7 Å². The van der Waals surface area contributed by atoms with E-state index in [1.807, 2.05) is 18.3 Å². The molecular formula is C35H45N7O. The molecule has 2 amide bonds. The molecule has 0 spiro atoms. The number of aryl methyl sites for hydroxylation is 1. The van der Waals surface area contributed by atoms with Crippen molar-refractivity contribution in [2.45, 2.75) is 57.0 Å². The number of likely N-dealkylation sites (tertiary alicyclic amines) is 1. The number of benzene rings is 2. The summed E-state index contributed by atoms with van der Waals surface area (Å²) in [5.74, 6) is 2.57. The number of nitrogens with zero attached hydrogens (tertiary/aromatic N) is 5. The highest BCUT2D eigenvalue weighted by molar-refractivity contribution is 5.73. The lowest BCUT2D eigenvalue weighted by Gasteiger charge is -2.51. The van der Waals surface area contributed by atoms with Crippen LogP contribution in [0.4, 0.5) is 10.5 Å². The number of carbonyl (C=O) groups is 1. The maximum absolute atomic E-state index is 12.6. The fourth-order valence-corrected chi connectivity index (χ4v) is 8.32. The zero-order valence-electron chi connectivity index (χ0n) is 25.6. The number of rotatable bonds is 9. The standard InChI is InChI=1S/C35H45N7O/c1-26-38-17-20-41(26)25-35(29-7-4-3-5-8-29,32-9-6-10-33(32)39-34(43)37-2)30-15-18-40(19-16-30)22-28-23-42(24-28)31-13-11-27(21-36)12-14-31/h3-5,7-8,11-14,17,20,28,30,32-33H,6,9-10,15-16,18-19,22-25H2,1-2H3,(H2,37,39,43)/t32-,33-,35+/m0/s1. The van der Waals surface area contributed by atoms with Gasteiger partial charge in [0.15, 0.2) is 0 Å². The molecule has 3 atom stereocenters. The smallest absolute Gasteiger partial charge is 0.314 e. The molecule has 2 aromatic carbocycles. The van der Waals surface area contributed by atoms with Gasteiger partial charge in [0.1, 0.15) is 5.82 Å². The first-order valence-electron chi connectivity index (χ1n) is 16.0. The van der Waals surface area contributed by atoms with Crippen molar-refractivity contribution in [2.24, 2.45) is 17.8 Å². The van der Waals surface area contributed by atoms with Crippen LogP contribution in [0.25, 0.3) is 0 Å². The largest absolute Gasteiger partial charge is 0.371 e. The summed E-state index contributed by atoms with van der Waals surface area (Å²) in [6.07, 6.45) is 9.62. The molecule has 2 saturated heterocycles. The molecule has 6 rings (SSSR count). The van der Waals surface area contributed by atoms with Crippen molar-refractivity contribution in [2.75, 3.05) is 44.7 Å². The number of carbonyl (C=O) groups excluding carboxylic acids is 1. The van der Waals surface area contributed by atoms with E-state index in [-0.39, 0.29) is 17.5 Å². The van der Waals surface area contributed by atoms with Gasteiger partial charge in [-0.15, -0.1) is 0 Å². The van der Waals surface area contributed by atoms with Crippen LogP contribution in [0.3, 0.4) is 0 Å². The van der Waals surface area contributed by atoms with Gasteiger partial charge in [0.05, 0.1) is 11.6 Å². The monoisotopic (exact) mass is 579 g/mol. The van der Waals surface area contributed by atoms with E-state index in [1.54, 1.807) is 7.05 Å². The van der Waals surface area contributed by atoms with E-state index in [0.29, 0.717) is 23.3 Å². The summed E-state index contributed by atoms with van der Waals surface area (Å²) in [4.78, 5) is 22.3. The zero-order valence-corrected chi connectivity index (χ0v) is 25.6. The topological polar surface area (TPSA) is 89.2 Å². The molecule has 2 N–H and O–H groups in total. The van der Waals surface area contributed by atoms with Crippen LogP contribution in [0.2, 0.25) is 0 Å². The van der Waals surface area contributed by atoms with Crippen LogP contribution in [0.5, 0.6) is 0 Å². The number of urea groups is 1. The van der Waals surface area contributed by atoms with Crippen LogP contribution < -0.4 is 15.5 Å². The van der Waals surface area contributed by atoms with E-state index < -0.39 is 0 Å². The fraction of sp³-hybridized carbons (Fsp3) is 0.514. The Balaban J connectivity index is 1.20. The minimum absolute atomic E-state index is 0.0805. The van der Waals surface area contributed by atoms with Crippen molar-refractivity contribution in [3.05, 3.63) is 83.9 Å². The zero-order chi connectivity index (χ0) is 29.8. The molecule has 3 aliphatic rings. The average molecular weight is 580 g/mol. The molecule has 1 aromatic heterocycles. The molecule has 1 aliphatic carbocycles. The van der Waals surface area contributed by atoms with Crippen molar-refractivity contribution in [1.82, 2.24) is 25.1 Å². The quantitative estimate of drug-likeness (QED) is 0.375. The number of hydrogen-bond donors (Lipinski definition) is 2. The maximum atomic E-state index is 12.6. The lowest BCUT2D eigenvalue weighted by atomic mass is 9.58. The third-order valence-electron chi connectivity index (χ3n) is 10.5. The van der Waals surface area contributed by atoms with Gasteiger partial charge in [-0.2, -0.15) is 5.26 Å². The summed E-state index contributed by atoms with van der Waals surface area (Å²) < 4.78 is 2.35. The predicted molar refractivity (Wildman–Crippen MR) is 170 cm³/mol. The molecular weight excluding hydrogens is 534 g/mol. The summed E-state index contributed by atoms with van der Waals surface area (Å²) in [5, 5.41) is 15.3. The second-order valence-electron chi connectivity index (χ2n) is 12.9. The molecule has 3 fully saturated rings. The predicted octanol–water partition coefficient (Wildman–Crippen LogP) is 4.95. The van der Waals surface area contributed by atoms with Gasteiger partial charge in [0.2, 0.25) is 0 Å². The summed E-state index contributed by atoms with van der Waals surface area (Å²) in [7, 11) is 1.71. The molecule has 0 radical (unpaired) electrons. The first-order chi connectivity index (χ1) is 21.0. The SMILES string of the molecule is CNC(=O)N[C@H]1CCC[C@@H]1[C@](Cn1ccnc1C)(c1ccccc1)C1CCN(CC2CN(c3ccc(C#N)cc3)C2)CC1. The number of nitrogens with one attached hydrogen (secondary N) is 2. The fourth-order valence-electron chi connectivity index (χ4n) is 8.32. The Labute approximate surface area is 256 Å². The lowest BCUT2D eigenvalue weighted by Crippen LogP contribution is -2.57. The molecule has 8 heteroatoms. The number of piperidine rings is 1. The Morgan fingerprint density at radius 2 is 1.79 bits per heavy atom. The molecule has 0 bridgehead atoms. The van der Waals surface area contributed by atoms with Crippen LogP contribution >= 0.6 is 0 Å². The minimum atomic E-state index is -0.107. The van der Waals surface area contributed by atoms with Crippen LogP contribution in [0.15, 0.2) is 67.0 Å². The Bertz CT molecular complexity index is 1400. The van der Waals surface area contributed by atoms with Crippen molar-refractivity contribution in [3.8, 4) is 6.07 Å². The van der Waals surface area contributed by atoms with Crippen molar-refractivity contribution in [1.29, 1.82) is 5.26 Å². The molecule has 3 heterocycles. The van der Waals surface area contributed by atoms with Crippen molar-refractivity contribution >= 4 is 11.7 Å². The Hall–Kier alpha value is -3.83. The second kappa shape index (κ2) is 12.8. The number of amides is 2. The Morgan fingerprint density at radius 3 is 2.44 bits per heavy atom. The molecule has 1 saturated carbocycles. The number of aromatic nitrogens is 2. The van der Waals surface area contributed by atoms with Gasteiger partial charge in [-0.05, 0) is 87.4 Å². The third kappa shape index (κ3) is 6.01. The molecule has 226 valence electrons. The summed E-state index contributed by atoms with van der Waals surface area (Å²) in [6.45, 7) is 8.50. The van der Waals surface area contributed by atoms with E-state index in [2.05, 4.69) is 91.6 Å². The van der Waals surface area contributed by atoms with Crippen LogP contribution in [0, 0.1) is 36.0 Å². The lowest BCUT2D eigenvalue weighted by molar-refractivity contribution is 0.0563. The molecule has 43 heavy (non-hydrogen) atoms. The summed E-state index contributed by atoms with van der Waals surface area (Å²) in [5.41, 5.74) is 3.22. The molecule has 3 aromatic rings. The molecule has 8 nitrogen and oxygen atoms in total. The van der Waals surface area contributed by atoms with Gasteiger partial charge in [0.25, 0.3) is 0 Å². The second-order valence-corrected chi connectivity index (χ2v) is 12.9. The van der Waals surface area contributed by atoms with Crippen molar-refractivity contribution < 1.29 is 4.79 Å². The van der Waals surface area contributed by atoms with E-state index in [0.717, 1.165) is 77.2 Å². The highest BCUT2D eigenvalue weighted by Crippen LogP contribution is 2.51. The van der Waals surface area contributed by atoms with Crippen LogP contribution in [-0.4, -0.2) is 66.3 Å². The van der Waals surface area contributed by atoms with Crippen molar-refractivity contribution in [3.63, 3.8) is 0 Å². The molecule has 0 unspecified atom stereocenters. The van der Waals surface area contributed by atoms with Crippen LogP contribution in [0.1, 0.15) is 49.1 Å². The van der Waals surface area contributed by atoms with E-state index in [9.17, 15) is 4.79 Å². The number of hydrogen-bond acceptors (Lipinski definition) is 5. The minimum Gasteiger partial charge on any atom is -0.371 e. The highest BCUT2D eigenvalue weighted by Gasteiger charge is 2.52. The highest BCUT2D eigenvalue weighted by atomic mass is 16.2. The maximum Gasteiger partial charge on any atom is 0.314 e. The number of nitriles is 1. The van der Waals surface area contributed by atoms with Crippen LogP contribution in [-0.2, 0) is 12.0 Å². The van der Waals surface area contributed by atoms with Gasteiger partial charge >= 0.3 is 6.03 Å². The van der Waals surface area contributed by atoms with E-state index in [1.165, 1.54) is 11.3 Å². The van der Waals surface area contributed by atoms with E-state index >= 15 is 0 Å². The van der Waals surface area contributed by atoms with Gasteiger partial charge < -0.3 is 25.0 Å². The summed E-state index contributed by atoms with van der Waals surface area (Å²) >= 11 is 0. The first-order valence-corrected chi connectivity index (χ1v) is 16.0. The molecule has 2 aliphatic heterocycles. The number of imidazole rings is 1. The van der Waals surface area contributed by atoms with Gasteiger partial charge in [-0.3, -0.25) is 0 Å². The Morgan fingerprint density at radius 1 is 1.05 bits per heavy atom. The van der Waals surface area contributed by atoms with Gasteiger partial charge in [-0.1, -0.05) is 36.8 Å². The van der Waals surface area contributed by atoms with Gasteiger partial charge in [-0.25, -0.2) is 9.78 Å². The summed E-state index contributed by atoms with van der Waals surface area (Å²) in [6, 6.07) is 21.4. The normalized spacial score (nSPS) is 22.9. The number of anilines is 1. The average Bonchev–Trinajstić information content (AvgIpc) is 3.66. The van der Waals surface area contributed by atoms with E-state index in [4.69, 9.17) is 5.26 Å². The third-order valence-corrected chi connectivity index (χ3v) is 10.5. The first kappa shape index (κ1) is 29.3. The Kier molecular flexibility index (Phi) is 8.71.